The van der Waals surface area contributed by atoms with Gasteiger partial charge in [-0.15, -0.1) is 0 Å². The first-order valence-electron chi connectivity index (χ1n) is 7.27. The Bertz CT molecular complexity index is 666. The van der Waals surface area contributed by atoms with Gasteiger partial charge in [-0.25, -0.2) is 0 Å². The third-order valence-corrected chi connectivity index (χ3v) is 4.06. The summed E-state index contributed by atoms with van der Waals surface area (Å²) in [5.41, 5.74) is 2.07. The van der Waals surface area contributed by atoms with Gasteiger partial charge in [0.25, 0.3) is 5.91 Å². The van der Waals surface area contributed by atoms with E-state index in [0.717, 1.165) is 11.3 Å². The number of ether oxygens (including phenoxy) is 1. The summed E-state index contributed by atoms with van der Waals surface area (Å²) in [5, 5.41) is 16.6. The van der Waals surface area contributed by atoms with Crippen LogP contribution in [0.5, 0.6) is 5.75 Å². The normalized spacial score (nSPS) is 21.1. The summed E-state index contributed by atoms with van der Waals surface area (Å²) in [5.74, 6) is 0.649. The lowest BCUT2D eigenvalue weighted by molar-refractivity contribution is 0.0727. The van der Waals surface area contributed by atoms with Crippen LogP contribution in [0, 0.1) is 0 Å². The molecular weight excluding hydrogens is 282 g/mol. The zero-order chi connectivity index (χ0) is 15.7. The van der Waals surface area contributed by atoms with Crippen molar-refractivity contribution in [3.63, 3.8) is 0 Å². The summed E-state index contributed by atoms with van der Waals surface area (Å²) in [6, 6.07) is 7.47. The number of methoxy groups -OCH3 is 1. The number of hydrogen-bond donors (Lipinski definition) is 2. The number of hydrogen-bond acceptors (Lipinski definition) is 4. The highest BCUT2D eigenvalue weighted by Crippen LogP contribution is 2.27. The molecule has 0 saturated carbocycles. The molecule has 6 heteroatoms. The van der Waals surface area contributed by atoms with E-state index in [9.17, 15) is 9.90 Å². The number of H-pyrrole nitrogens is 1. The fraction of sp³-hybridized carbons (Fsp3) is 0.375. The standard InChI is InChI=1S/C16H19N3O3/c1-10-7-12(20)9-19(10)16(21)14-8-17-18-15(14)11-3-5-13(22-2)6-4-11/h3-6,8,10,12,20H,7,9H2,1-2H3,(H,17,18). The molecule has 2 N–H and O–H groups in total. The van der Waals surface area contributed by atoms with Gasteiger partial charge in [0.2, 0.25) is 0 Å². The van der Waals surface area contributed by atoms with Crippen molar-refractivity contribution in [1.29, 1.82) is 0 Å². The molecule has 0 aliphatic carbocycles. The van der Waals surface area contributed by atoms with Crippen LogP contribution in [0.3, 0.4) is 0 Å². The van der Waals surface area contributed by atoms with E-state index in [2.05, 4.69) is 10.2 Å². The SMILES string of the molecule is COc1ccc(-c2[nH]ncc2C(=O)N2CC(O)CC2C)cc1. The van der Waals surface area contributed by atoms with Gasteiger partial charge in [-0.1, -0.05) is 0 Å². The highest BCUT2D eigenvalue weighted by Gasteiger charge is 2.33. The van der Waals surface area contributed by atoms with Crippen LogP contribution in [0.1, 0.15) is 23.7 Å². The molecule has 1 fully saturated rings. The number of aliphatic hydroxyl groups excluding tert-OH is 1. The number of aromatic amines is 1. The van der Waals surface area contributed by atoms with Gasteiger partial charge in [0.05, 0.1) is 30.7 Å². The number of benzene rings is 1. The molecule has 0 spiro atoms. The average molecular weight is 301 g/mol. The van der Waals surface area contributed by atoms with Crippen LogP contribution < -0.4 is 4.74 Å². The molecule has 2 aromatic rings. The predicted octanol–water partition coefficient (Wildman–Crippen LogP) is 1.68. The van der Waals surface area contributed by atoms with Crippen LogP contribution in [0.15, 0.2) is 30.5 Å². The minimum atomic E-state index is -0.449. The van der Waals surface area contributed by atoms with Gasteiger partial charge in [-0.3, -0.25) is 9.89 Å². The number of rotatable bonds is 3. The van der Waals surface area contributed by atoms with Crippen LogP contribution in [0.25, 0.3) is 11.3 Å². The first kappa shape index (κ1) is 14.6. The molecule has 1 aliphatic rings. The Balaban J connectivity index is 1.89. The van der Waals surface area contributed by atoms with Gasteiger partial charge in [0.1, 0.15) is 5.75 Å². The number of nitrogens with one attached hydrogen (secondary N) is 1. The number of carbonyl (C=O) groups excluding carboxylic acids is 1. The highest BCUT2D eigenvalue weighted by atomic mass is 16.5. The van der Waals surface area contributed by atoms with Crippen LogP contribution in [0.2, 0.25) is 0 Å². The average Bonchev–Trinajstić information content (AvgIpc) is 3.13. The molecule has 0 radical (unpaired) electrons. The number of β-amino-alcohol motifs (C(OH)–C–C–N with tert-alkyl or cyclic N) is 1. The fourth-order valence-electron chi connectivity index (χ4n) is 2.87. The molecule has 2 atom stereocenters. The number of aliphatic hydroxyl groups is 1. The van der Waals surface area contributed by atoms with Gasteiger partial charge in [-0.05, 0) is 37.6 Å². The molecular formula is C16H19N3O3. The Morgan fingerprint density at radius 1 is 1.41 bits per heavy atom. The van der Waals surface area contributed by atoms with Crippen molar-refractivity contribution in [1.82, 2.24) is 15.1 Å². The molecule has 116 valence electrons. The summed E-state index contributed by atoms with van der Waals surface area (Å²) in [7, 11) is 1.61. The molecule has 1 aliphatic heterocycles. The zero-order valence-corrected chi connectivity index (χ0v) is 12.6. The summed E-state index contributed by atoms with van der Waals surface area (Å²) in [6.07, 6.45) is 1.70. The lowest BCUT2D eigenvalue weighted by Crippen LogP contribution is -2.34. The van der Waals surface area contributed by atoms with Crippen LogP contribution in [-0.4, -0.2) is 51.9 Å². The van der Waals surface area contributed by atoms with Crippen LogP contribution in [0.4, 0.5) is 0 Å². The van der Waals surface area contributed by atoms with Crippen molar-refractivity contribution in [3.8, 4) is 17.0 Å². The summed E-state index contributed by atoms with van der Waals surface area (Å²) in [6.45, 7) is 2.31. The van der Waals surface area contributed by atoms with Crippen molar-refractivity contribution >= 4 is 5.91 Å². The van der Waals surface area contributed by atoms with Crippen LogP contribution in [-0.2, 0) is 0 Å². The number of aromatic nitrogens is 2. The Labute approximate surface area is 128 Å². The van der Waals surface area contributed by atoms with Crippen molar-refractivity contribution in [3.05, 3.63) is 36.0 Å². The first-order valence-corrected chi connectivity index (χ1v) is 7.27. The van der Waals surface area contributed by atoms with E-state index in [1.54, 1.807) is 18.2 Å². The Kier molecular flexibility index (Phi) is 3.85. The fourth-order valence-corrected chi connectivity index (χ4v) is 2.87. The lowest BCUT2D eigenvalue weighted by Gasteiger charge is -2.21. The lowest BCUT2D eigenvalue weighted by atomic mass is 10.1. The van der Waals surface area contributed by atoms with Crippen molar-refractivity contribution < 1.29 is 14.6 Å². The predicted molar refractivity (Wildman–Crippen MR) is 81.7 cm³/mol. The van der Waals surface area contributed by atoms with Crippen molar-refractivity contribution in [2.24, 2.45) is 0 Å². The Morgan fingerprint density at radius 3 is 2.73 bits per heavy atom. The number of nitrogens with zero attached hydrogens (tertiary/aromatic N) is 2. The topological polar surface area (TPSA) is 78.5 Å². The van der Waals surface area contributed by atoms with Crippen LogP contribution >= 0.6 is 0 Å². The summed E-state index contributed by atoms with van der Waals surface area (Å²) < 4.78 is 5.14. The molecule has 2 heterocycles. The van der Waals surface area contributed by atoms with Gasteiger partial charge >= 0.3 is 0 Å². The minimum Gasteiger partial charge on any atom is -0.497 e. The molecule has 3 rings (SSSR count). The maximum absolute atomic E-state index is 12.7. The monoisotopic (exact) mass is 301 g/mol. The summed E-state index contributed by atoms with van der Waals surface area (Å²) in [4.78, 5) is 14.4. The largest absolute Gasteiger partial charge is 0.497 e. The maximum Gasteiger partial charge on any atom is 0.258 e. The Hall–Kier alpha value is -2.34. The van der Waals surface area contributed by atoms with E-state index in [-0.39, 0.29) is 11.9 Å². The molecule has 1 aromatic heterocycles. The number of carbonyl (C=O) groups is 1. The first-order chi connectivity index (χ1) is 10.6. The van der Waals surface area contributed by atoms with Gasteiger partial charge in [-0.2, -0.15) is 5.10 Å². The summed E-state index contributed by atoms with van der Waals surface area (Å²) >= 11 is 0. The van der Waals surface area contributed by atoms with E-state index in [0.29, 0.717) is 24.2 Å². The molecule has 1 aromatic carbocycles. The van der Waals surface area contributed by atoms with E-state index in [4.69, 9.17) is 4.74 Å². The van der Waals surface area contributed by atoms with Gasteiger partial charge in [0.15, 0.2) is 0 Å². The molecule has 22 heavy (non-hydrogen) atoms. The second-order valence-electron chi connectivity index (χ2n) is 5.58. The molecule has 1 amide bonds. The third-order valence-electron chi connectivity index (χ3n) is 4.06. The second kappa shape index (κ2) is 5.81. The maximum atomic E-state index is 12.7. The quantitative estimate of drug-likeness (QED) is 0.904. The van der Waals surface area contributed by atoms with E-state index in [1.807, 2.05) is 31.2 Å². The van der Waals surface area contributed by atoms with E-state index in [1.165, 1.54) is 0 Å². The number of amides is 1. The molecule has 0 bridgehead atoms. The molecule has 2 unspecified atom stereocenters. The smallest absolute Gasteiger partial charge is 0.258 e. The molecule has 6 nitrogen and oxygen atoms in total. The van der Waals surface area contributed by atoms with Gasteiger partial charge < -0.3 is 14.7 Å². The van der Waals surface area contributed by atoms with Crippen molar-refractivity contribution in [2.45, 2.75) is 25.5 Å². The van der Waals surface area contributed by atoms with Crippen molar-refractivity contribution in [2.75, 3.05) is 13.7 Å². The minimum absolute atomic E-state index is 0.0288. The van der Waals surface area contributed by atoms with E-state index < -0.39 is 6.10 Å². The highest BCUT2D eigenvalue weighted by molar-refractivity contribution is 6.00. The van der Waals surface area contributed by atoms with Gasteiger partial charge in [0, 0.05) is 18.2 Å². The third kappa shape index (κ3) is 2.57. The number of likely N-dealkylation sites (tertiary alicyclic amines) is 1. The molecule has 1 saturated heterocycles. The Morgan fingerprint density at radius 2 is 2.14 bits per heavy atom. The van der Waals surface area contributed by atoms with E-state index >= 15 is 0 Å². The second-order valence-corrected chi connectivity index (χ2v) is 5.58. The zero-order valence-electron chi connectivity index (χ0n) is 12.6.